The van der Waals surface area contributed by atoms with Crippen molar-refractivity contribution >= 4 is 17.5 Å². The first-order valence-corrected chi connectivity index (χ1v) is 13.1. The van der Waals surface area contributed by atoms with Crippen molar-refractivity contribution in [2.45, 2.75) is 84.2 Å². The number of likely N-dealkylation sites (N-methyl/N-ethyl adjacent to an activating group) is 1. The molecule has 1 aliphatic rings. The van der Waals surface area contributed by atoms with Gasteiger partial charge in [-0.05, 0) is 50.7 Å². The molecular weight excluding hydrogens is 472 g/mol. The number of ether oxygens (including phenoxy) is 1. The van der Waals surface area contributed by atoms with Gasteiger partial charge in [-0.25, -0.2) is 0 Å². The van der Waals surface area contributed by atoms with Crippen molar-refractivity contribution in [1.29, 1.82) is 0 Å². The van der Waals surface area contributed by atoms with Gasteiger partial charge in [-0.3, -0.25) is 14.6 Å². The van der Waals surface area contributed by atoms with E-state index in [1.807, 2.05) is 33.8 Å². The summed E-state index contributed by atoms with van der Waals surface area (Å²) < 4.78 is 5.99. The highest BCUT2D eigenvalue weighted by Crippen LogP contribution is 2.26. The van der Waals surface area contributed by atoms with Gasteiger partial charge in [0.25, 0.3) is 0 Å². The SMILES string of the molecule is C=CC1CCc2ccc(O)cc2OCCNC(C(C)C)C(=O)N(C)C(C(C)O)C(=O)NC(CC)C(C)=N1. The molecule has 2 amide bonds. The summed E-state index contributed by atoms with van der Waals surface area (Å²) in [7, 11) is 1.54. The summed E-state index contributed by atoms with van der Waals surface area (Å²) in [5.74, 6) is -0.0824. The minimum Gasteiger partial charge on any atom is -0.508 e. The van der Waals surface area contributed by atoms with Crippen molar-refractivity contribution in [2.75, 3.05) is 20.2 Å². The predicted molar refractivity (Wildman–Crippen MR) is 146 cm³/mol. The van der Waals surface area contributed by atoms with Gasteiger partial charge in [0.05, 0.1) is 24.2 Å². The van der Waals surface area contributed by atoms with Crippen molar-refractivity contribution in [1.82, 2.24) is 15.5 Å². The van der Waals surface area contributed by atoms with E-state index in [9.17, 15) is 19.8 Å². The number of carbonyl (C=O) groups excluding carboxylic acids is 2. The third-order valence-corrected chi connectivity index (χ3v) is 6.78. The molecule has 0 bridgehead atoms. The topological polar surface area (TPSA) is 123 Å². The number of carbonyl (C=O) groups is 2. The van der Waals surface area contributed by atoms with Gasteiger partial charge in [-0.2, -0.15) is 0 Å². The second-order valence-corrected chi connectivity index (χ2v) is 10.0. The van der Waals surface area contributed by atoms with E-state index >= 15 is 0 Å². The van der Waals surface area contributed by atoms with E-state index in [2.05, 4.69) is 17.2 Å². The van der Waals surface area contributed by atoms with E-state index in [0.717, 1.165) is 11.3 Å². The van der Waals surface area contributed by atoms with E-state index in [4.69, 9.17) is 9.73 Å². The van der Waals surface area contributed by atoms with Crippen LogP contribution in [0, 0.1) is 5.92 Å². The van der Waals surface area contributed by atoms with Crippen LogP contribution in [0.2, 0.25) is 0 Å². The number of aliphatic imine (C=N–C) groups is 1. The van der Waals surface area contributed by atoms with Crippen LogP contribution in [0.5, 0.6) is 11.5 Å². The summed E-state index contributed by atoms with van der Waals surface area (Å²) in [5, 5.41) is 26.7. The number of nitrogens with zero attached hydrogens (tertiary/aromatic N) is 2. The average molecular weight is 517 g/mol. The van der Waals surface area contributed by atoms with Crippen LogP contribution < -0.4 is 15.4 Å². The maximum atomic E-state index is 13.4. The molecule has 9 nitrogen and oxygen atoms in total. The van der Waals surface area contributed by atoms with Gasteiger partial charge < -0.3 is 30.5 Å². The van der Waals surface area contributed by atoms with Gasteiger partial charge in [-0.1, -0.05) is 32.9 Å². The number of hydrogen-bond donors (Lipinski definition) is 4. The van der Waals surface area contributed by atoms with Gasteiger partial charge in [0.2, 0.25) is 11.8 Å². The lowest BCUT2D eigenvalue weighted by Gasteiger charge is -2.34. The van der Waals surface area contributed by atoms with Crippen molar-refractivity contribution in [2.24, 2.45) is 10.9 Å². The van der Waals surface area contributed by atoms with E-state index < -0.39 is 24.1 Å². The Labute approximate surface area is 221 Å². The number of aliphatic hydroxyl groups is 1. The molecule has 0 saturated carbocycles. The van der Waals surface area contributed by atoms with Gasteiger partial charge in [0, 0.05) is 25.4 Å². The third kappa shape index (κ3) is 8.30. The van der Waals surface area contributed by atoms with E-state index in [0.29, 0.717) is 31.6 Å². The van der Waals surface area contributed by atoms with E-state index in [-0.39, 0.29) is 36.3 Å². The first-order chi connectivity index (χ1) is 17.5. The number of rotatable bonds is 4. The quantitative estimate of drug-likeness (QED) is 0.456. The van der Waals surface area contributed by atoms with Crippen molar-refractivity contribution < 1.29 is 24.5 Å². The van der Waals surface area contributed by atoms with Crippen LogP contribution in [0.1, 0.15) is 53.0 Å². The maximum absolute atomic E-state index is 13.4. The highest BCUT2D eigenvalue weighted by molar-refractivity contribution is 5.95. The lowest BCUT2D eigenvalue weighted by Crippen LogP contribution is -2.59. The van der Waals surface area contributed by atoms with Crippen molar-refractivity contribution in [3.8, 4) is 11.5 Å². The first kappa shape index (κ1) is 30.3. The predicted octanol–water partition coefficient (Wildman–Crippen LogP) is 2.45. The zero-order valence-corrected chi connectivity index (χ0v) is 23.0. The molecule has 1 aromatic carbocycles. The molecule has 5 unspecified atom stereocenters. The van der Waals surface area contributed by atoms with Crippen LogP contribution in [0.4, 0.5) is 0 Å². The normalized spacial score (nSPS) is 25.7. The van der Waals surface area contributed by atoms with E-state index in [1.165, 1.54) is 11.8 Å². The molecule has 37 heavy (non-hydrogen) atoms. The Morgan fingerprint density at radius 3 is 2.59 bits per heavy atom. The number of fused-ring (bicyclic) bond motifs is 1. The van der Waals surface area contributed by atoms with Gasteiger partial charge in [0.15, 0.2) is 0 Å². The highest BCUT2D eigenvalue weighted by atomic mass is 16.5. The molecule has 0 saturated heterocycles. The summed E-state index contributed by atoms with van der Waals surface area (Å²) in [5.41, 5.74) is 1.68. The lowest BCUT2D eigenvalue weighted by atomic mass is 10.0. The lowest BCUT2D eigenvalue weighted by molar-refractivity contribution is -0.145. The van der Waals surface area contributed by atoms with Crippen LogP contribution in [0.15, 0.2) is 35.8 Å². The molecule has 4 N–H and O–H groups in total. The third-order valence-electron chi connectivity index (χ3n) is 6.78. The Morgan fingerprint density at radius 2 is 2.00 bits per heavy atom. The average Bonchev–Trinajstić information content (AvgIpc) is 2.84. The summed E-state index contributed by atoms with van der Waals surface area (Å²) in [6.45, 7) is 13.7. The molecule has 1 aliphatic heterocycles. The number of nitrogens with one attached hydrogen (secondary N) is 2. The second kappa shape index (κ2) is 14.1. The molecule has 0 fully saturated rings. The molecule has 1 heterocycles. The summed E-state index contributed by atoms with van der Waals surface area (Å²) in [6.07, 6.45) is 2.63. The number of aryl methyl sites for hydroxylation is 1. The summed E-state index contributed by atoms with van der Waals surface area (Å²) in [6, 6.07) is 2.89. The fourth-order valence-corrected chi connectivity index (χ4v) is 4.59. The fourth-order valence-electron chi connectivity index (χ4n) is 4.59. The summed E-state index contributed by atoms with van der Waals surface area (Å²) in [4.78, 5) is 32.9. The maximum Gasteiger partial charge on any atom is 0.245 e. The monoisotopic (exact) mass is 516 g/mol. The zero-order valence-electron chi connectivity index (χ0n) is 23.0. The number of aliphatic hydroxyl groups excluding tert-OH is 1. The Bertz CT molecular complexity index is 962. The molecule has 0 aromatic heterocycles. The largest absolute Gasteiger partial charge is 0.508 e. The molecule has 0 spiro atoms. The minimum absolute atomic E-state index is 0.0665. The van der Waals surface area contributed by atoms with Crippen LogP contribution in [0.25, 0.3) is 0 Å². The molecule has 1 aromatic rings. The second-order valence-electron chi connectivity index (χ2n) is 10.0. The Kier molecular flexibility index (Phi) is 11.6. The fraction of sp³-hybridized carbons (Fsp3) is 0.607. The number of hydrogen-bond acceptors (Lipinski definition) is 7. The summed E-state index contributed by atoms with van der Waals surface area (Å²) >= 11 is 0. The van der Waals surface area contributed by atoms with Crippen LogP contribution in [-0.4, -0.2) is 83.1 Å². The van der Waals surface area contributed by atoms with Crippen LogP contribution >= 0.6 is 0 Å². The molecule has 9 heteroatoms. The Hall–Kier alpha value is -2.91. The molecule has 5 atom stereocenters. The number of aromatic hydroxyl groups is 1. The number of amides is 2. The molecule has 206 valence electrons. The molecule has 0 aliphatic carbocycles. The molecule has 2 rings (SSSR count). The standard InChI is InChI=1S/C28H44N4O5/c1-8-21-12-10-20-11-13-22(34)16-24(20)37-15-14-29-25(17(3)4)28(36)32(7)26(19(6)33)27(35)31-23(9-2)18(5)30-21/h8,11,13,16-17,19,21,23,25-26,29,33-34H,1,9-10,12,14-15H2,2-7H3,(H,31,35). The Morgan fingerprint density at radius 1 is 1.30 bits per heavy atom. The molecular formula is C28H44N4O5. The highest BCUT2D eigenvalue weighted by Gasteiger charge is 2.36. The van der Waals surface area contributed by atoms with Gasteiger partial charge >= 0.3 is 0 Å². The molecule has 0 radical (unpaired) electrons. The van der Waals surface area contributed by atoms with Crippen LogP contribution in [0.3, 0.4) is 0 Å². The minimum atomic E-state index is -1.07. The Balaban J connectivity index is 2.46. The van der Waals surface area contributed by atoms with Crippen molar-refractivity contribution in [3.05, 3.63) is 36.4 Å². The first-order valence-electron chi connectivity index (χ1n) is 13.1. The van der Waals surface area contributed by atoms with Crippen molar-refractivity contribution in [3.63, 3.8) is 0 Å². The van der Waals surface area contributed by atoms with E-state index in [1.54, 1.807) is 25.3 Å². The number of phenolic OH excluding ortho intramolecular Hbond substituents is 1. The van der Waals surface area contributed by atoms with Gasteiger partial charge in [-0.15, -0.1) is 6.58 Å². The van der Waals surface area contributed by atoms with Gasteiger partial charge in [0.1, 0.15) is 24.1 Å². The number of benzene rings is 1. The zero-order chi connectivity index (χ0) is 27.7. The smallest absolute Gasteiger partial charge is 0.245 e. The number of phenols is 1. The van der Waals surface area contributed by atoms with Crippen LogP contribution in [-0.2, 0) is 16.0 Å².